The number of aliphatic imine (C=N–C) groups is 1. The van der Waals surface area contributed by atoms with Crippen molar-refractivity contribution in [1.29, 1.82) is 0 Å². The number of hydrogen-bond acceptors (Lipinski definition) is 7. The highest BCUT2D eigenvalue weighted by molar-refractivity contribution is 6.02. The smallest absolute Gasteiger partial charge is 0.156 e. The van der Waals surface area contributed by atoms with Gasteiger partial charge in [0.2, 0.25) is 0 Å². The van der Waals surface area contributed by atoms with Crippen LogP contribution in [0.15, 0.2) is 59.6 Å². The molecule has 1 aromatic heterocycles. The summed E-state index contributed by atoms with van der Waals surface area (Å²) in [6.45, 7) is 1.58. The molecule has 3 aromatic rings. The van der Waals surface area contributed by atoms with Crippen molar-refractivity contribution in [2.24, 2.45) is 4.99 Å². The van der Waals surface area contributed by atoms with Crippen LogP contribution < -0.4 is 5.23 Å². The summed E-state index contributed by atoms with van der Waals surface area (Å²) >= 11 is 0. The predicted octanol–water partition coefficient (Wildman–Crippen LogP) is 2.32. The first-order valence-electron chi connectivity index (χ1n) is 8.19. The fraction of sp³-hybridized carbons (Fsp3) is 0.167. The lowest BCUT2D eigenvalue weighted by atomic mass is 10.1. The first kappa shape index (κ1) is 16.2. The van der Waals surface area contributed by atoms with E-state index >= 15 is 0 Å². The molecule has 0 bridgehead atoms. The molecule has 0 fully saturated rings. The highest BCUT2D eigenvalue weighted by Crippen LogP contribution is 2.27. The number of anilines is 1. The summed E-state index contributed by atoms with van der Waals surface area (Å²) in [4.78, 5) is 6.62. The first-order valence-corrected chi connectivity index (χ1v) is 8.19. The van der Waals surface area contributed by atoms with Gasteiger partial charge in [0.25, 0.3) is 0 Å². The zero-order valence-electron chi connectivity index (χ0n) is 14.1. The van der Waals surface area contributed by atoms with Crippen molar-refractivity contribution in [2.75, 3.05) is 25.4 Å². The predicted molar refractivity (Wildman–Crippen MR) is 98.5 cm³/mol. The van der Waals surface area contributed by atoms with Crippen molar-refractivity contribution in [1.82, 2.24) is 19.9 Å². The molecular formula is C18H17N6O2-. The van der Waals surface area contributed by atoms with Gasteiger partial charge in [-0.15, -0.1) is 5.10 Å². The SMILES string of the molecule is CN1CCN=C1c1nnn(-c2ccc(N([O-])O)cc2)c1-c1ccccc1. The van der Waals surface area contributed by atoms with E-state index in [1.165, 1.54) is 12.1 Å². The quantitative estimate of drug-likeness (QED) is 0.727. The largest absolute Gasteiger partial charge is 0.733 e. The Hall–Kier alpha value is -3.23. The minimum Gasteiger partial charge on any atom is -0.733 e. The number of hydrogen-bond donors (Lipinski definition) is 1. The molecule has 0 spiro atoms. The Bertz CT molecular complexity index is 934. The van der Waals surface area contributed by atoms with Crippen molar-refractivity contribution in [2.45, 2.75) is 0 Å². The minimum atomic E-state index is -0.170. The molecule has 0 atom stereocenters. The Morgan fingerprint density at radius 3 is 2.42 bits per heavy atom. The molecule has 132 valence electrons. The van der Waals surface area contributed by atoms with Gasteiger partial charge in [0, 0.05) is 19.2 Å². The second kappa shape index (κ2) is 6.58. The van der Waals surface area contributed by atoms with E-state index in [9.17, 15) is 5.21 Å². The van der Waals surface area contributed by atoms with Crippen LogP contribution in [0.1, 0.15) is 5.69 Å². The Kier molecular flexibility index (Phi) is 4.11. The summed E-state index contributed by atoms with van der Waals surface area (Å²) in [5.74, 6) is 0.813. The molecule has 2 aromatic carbocycles. The van der Waals surface area contributed by atoms with E-state index in [-0.39, 0.29) is 10.9 Å². The maximum atomic E-state index is 11.0. The van der Waals surface area contributed by atoms with Crippen molar-refractivity contribution in [3.05, 3.63) is 65.5 Å². The van der Waals surface area contributed by atoms with Crippen molar-refractivity contribution < 1.29 is 5.21 Å². The molecule has 0 amide bonds. The van der Waals surface area contributed by atoms with Gasteiger partial charge in [-0.05, 0) is 24.3 Å². The van der Waals surface area contributed by atoms with Crippen molar-refractivity contribution in [3.63, 3.8) is 0 Å². The number of amidine groups is 1. The normalized spacial score (nSPS) is 13.8. The monoisotopic (exact) mass is 349 g/mol. The molecule has 0 saturated heterocycles. The van der Waals surface area contributed by atoms with Gasteiger partial charge in [0.15, 0.2) is 11.5 Å². The average Bonchev–Trinajstić information content (AvgIpc) is 3.28. The molecule has 2 heterocycles. The van der Waals surface area contributed by atoms with Crippen LogP contribution in [0.4, 0.5) is 5.69 Å². The number of aromatic nitrogens is 3. The van der Waals surface area contributed by atoms with E-state index in [0.29, 0.717) is 5.69 Å². The van der Waals surface area contributed by atoms with Crippen LogP contribution in [-0.2, 0) is 0 Å². The second-order valence-corrected chi connectivity index (χ2v) is 5.98. The zero-order chi connectivity index (χ0) is 18.1. The van der Waals surface area contributed by atoms with Gasteiger partial charge in [0.1, 0.15) is 5.69 Å². The lowest BCUT2D eigenvalue weighted by molar-refractivity contribution is 0.296. The highest BCUT2D eigenvalue weighted by Gasteiger charge is 2.25. The van der Waals surface area contributed by atoms with Crippen LogP contribution in [-0.4, -0.2) is 51.1 Å². The third kappa shape index (κ3) is 2.81. The molecule has 0 unspecified atom stereocenters. The van der Waals surface area contributed by atoms with Crippen LogP contribution in [0.3, 0.4) is 0 Å². The maximum absolute atomic E-state index is 11.0. The average molecular weight is 349 g/mol. The third-order valence-electron chi connectivity index (χ3n) is 4.30. The molecule has 0 aliphatic carbocycles. The summed E-state index contributed by atoms with van der Waals surface area (Å²) in [5, 5.41) is 28.6. The molecule has 1 aliphatic heterocycles. The molecule has 0 radical (unpaired) electrons. The van der Waals surface area contributed by atoms with E-state index in [2.05, 4.69) is 20.2 Å². The molecule has 1 N–H and O–H groups in total. The summed E-state index contributed by atoms with van der Waals surface area (Å²) in [7, 11) is 1.98. The van der Waals surface area contributed by atoms with Crippen LogP contribution in [0.25, 0.3) is 16.9 Å². The van der Waals surface area contributed by atoms with Crippen LogP contribution >= 0.6 is 0 Å². The van der Waals surface area contributed by atoms with Gasteiger partial charge in [-0.25, -0.2) is 4.68 Å². The van der Waals surface area contributed by atoms with Crippen LogP contribution in [0.2, 0.25) is 0 Å². The Morgan fingerprint density at radius 2 is 1.81 bits per heavy atom. The first-order chi connectivity index (χ1) is 12.6. The summed E-state index contributed by atoms with van der Waals surface area (Å²) in [6.07, 6.45) is 0. The number of nitrogens with zero attached hydrogens (tertiary/aromatic N) is 6. The molecule has 4 rings (SSSR count). The van der Waals surface area contributed by atoms with E-state index in [4.69, 9.17) is 5.21 Å². The molecular weight excluding hydrogens is 332 g/mol. The van der Waals surface area contributed by atoms with Gasteiger partial charge in [-0.3, -0.25) is 10.2 Å². The molecule has 1 aliphatic rings. The highest BCUT2D eigenvalue weighted by atomic mass is 16.8. The minimum absolute atomic E-state index is 0.148. The van der Waals surface area contributed by atoms with Gasteiger partial charge >= 0.3 is 0 Å². The Balaban J connectivity index is 1.86. The molecule has 0 saturated carbocycles. The van der Waals surface area contributed by atoms with E-state index in [1.54, 1.807) is 16.8 Å². The number of benzene rings is 2. The van der Waals surface area contributed by atoms with Crippen LogP contribution in [0.5, 0.6) is 0 Å². The van der Waals surface area contributed by atoms with E-state index in [0.717, 1.165) is 35.9 Å². The van der Waals surface area contributed by atoms with Gasteiger partial charge in [-0.2, -0.15) is 0 Å². The third-order valence-corrected chi connectivity index (χ3v) is 4.30. The van der Waals surface area contributed by atoms with Gasteiger partial charge < -0.3 is 15.3 Å². The van der Waals surface area contributed by atoms with E-state index < -0.39 is 0 Å². The topological polar surface area (TPSA) is 92.8 Å². The summed E-state index contributed by atoms with van der Waals surface area (Å²) in [5.41, 5.74) is 3.39. The fourth-order valence-corrected chi connectivity index (χ4v) is 2.98. The van der Waals surface area contributed by atoms with Crippen LogP contribution in [0, 0.1) is 5.21 Å². The lowest BCUT2D eigenvalue weighted by Gasteiger charge is -2.21. The Morgan fingerprint density at radius 1 is 1.08 bits per heavy atom. The van der Waals surface area contributed by atoms with Gasteiger partial charge in [0.05, 0.1) is 17.9 Å². The van der Waals surface area contributed by atoms with Crippen molar-refractivity contribution in [3.8, 4) is 16.9 Å². The second-order valence-electron chi connectivity index (χ2n) is 5.98. The maximum Gasteiger partial charge on any atom is 0.156 e. The zero-order valence-corrected chi connectivity index (χ0v) is 14.1. The summed E-state index contributed by atoms with van der Waals surface area (Å²) in [6, 6.07) is 16.3. The molecule has 8 heteroatoms. The van der Waals surface area contributed by atoms with Crippen molar-refractivity contribution >= 4 is 11.5 Å². The lowest BCUT2D eigenvalue weighted by Crippen LogP contribution is -2.24. The number of likely N-dealkylation sites (N-methyl/N-ethyl adjacent to an activating group) is 1. The standard InChI is InChI=1S/C18H17N6O2/c1-22-12-11-19-18(22)16-17(13-5-3-2-4-6-13)23(21-20-16)14-7-9-15(10-8-14)24(25)26/h2-10,25H,11-12H2,1H3/q-1. The number of rotatable bonds is 4. The van der Waals surface area contributed by atoms with Gasteiger partial charge in [-0.1, -0.05) is 35.5 Å². The van der Waals surface area contributed by atoms with E-state index in [1.807, 2.05) is 37.4 Å². The fourth-order valence-electron chi connectivity index (χ4n) is 2.98. The molecule has 26 heavy (non-hydrogen) atoms. The Labute approximate surface area is 150 Å². The molecule has 8 nitrogen and oxygen atoms in total. The summed E-state index contributed by atoms with van der Waals surface area (Å²) < 4.78 is 1.72.